The van der Waals surface area contributed by atoms with Gasteiger partial charge in [0, 0.05) is 0 Å². The summed E-state index contributed by atoms with van der Waals surface area (Å²) in [5.41, 5.74) is 5.46. The minimum absolute atomic E-state index is 0.0571. The predicted molar refractivity (Wildman–Crippen MR) is 98.5 cm³/mol. The van der Waals surface area contributed by atoms with E-state index in [0.29, 0.717) is 6.42 Å². The standard InChI is InChI=1S/C17H32N4O6/c1-8(2)6-11(15(24)21-14(9(3)4)17(26)27)20-12(23)7-19-16(25)13(18)10(5)22/h8-11,13-14,22H,6-7,18H2,1-5H3,(H,19,25)(H,20,23)(H,21,24)(H,26,27). The molecule has 0 aromatic carbocycles. The van der Waals surface area contributed by atoms with Gasteiger partial charge in [0.15, 0.2) is 0 Å². The van der Waals surface area contributed by atoms with E-state index in [9.17, 15) is 29.4 Å². The van der Waals surface area contributed by atoms with Crippen molar-refractivity contribution in [2.75, 3.05) is 6.54 Å². The van der Waals surface area contributed by atoms with Crippen molar-refractivity contribution in [1.29, 1.82) is 0 Å². The van der Waals surface area contributed by atoms with Crippen LogP contribution < -0.4 is 21.7 Å². The number of aliphatic hydroxyl groups is 1. The predicted octanol–water partition coefficient (Wildman–Crippen LogP) is -1.43. The molecule has 0 heterocycles. The van der Waals surface area contributed by atoms with Crippen LogP contribution >= 0.6 is 0 Å². The highest BCUT2D eigenvalue weighted by atomic mass is 16.4. The van der Waals surface area contributed by atoms with Crippen LogP contribution in [0.25, 0.3) is 0 Å². The molecule has 7 N–H and O–H groups in total. The van der Waals surface area contributed by atoms with Gasteiger partial charge in [-0.2, -0.15) is 0 Å². The fourth-order valence-electron chi connectivity index (χ4n) is 2.22. The second-order valence-corrected chi connectivity index (χ2v) is 7.30. The van der Waals surface area contributed by atoms with E-state index in [-0.39, 0.29) is 11.8 Å². The first-order valence-corrected chi connectivity index (χ1v) is 8.90. The molecule has 0 fully saturated rings. The molecule has 0 aromatic heterocycles. The number of amides is 3. The molecule has 3 amide bonds. The van der Waals surface area contributed by atoms with Crippen LogP contribution in [-0.4, -0.2) is 64.7 Å². The average molecular weight is 388 g/mol. The zero-order valence-electron chi connectivity index (χ0n) is 16.5. The quantitative estimate of drug-likeness (QED) is 0.252. The number of carboxylic acid groups (broad SMARTS) is 1. The molecular weight excluding hydrogens is 356 g/mol. The van der Waals surface area contributed by atoms with E-state index in [4.69, 9.17) is 5.73 Å². The van der Waals surface area contributed by atoms with Crippen molar-refractivity contribution < 1.29 is 29.4 Å². The fraction of sp³-hybridized carbons (Fsp3) is 0.765. The number of nitrogens with one attached hydrogen (secondary N) is 3. The minimum Gasteiger partial charge on any atom is -0.480 e. The summed E-state index contributed by atoms with van der Waals surface area (Å²) >= 11 is 0. The highest BCUT2D eigenvalue weighted by molar-refractivity contribution is 5.92. The largest absolute Gasteiger partial charge is 0.480 e. The van der Waals surface area contributed by atoms with Crippen molar-refractivity contribution in [2.24, 2.45) is 17.6 Å². The zero-order chi connectivity index (χ0) is 21.3. The second-order valence-electron chi connectivity index (χ2n) is 7.30. The third-order valence-electron chi connectivity index (χ3n) is 3.83. The summed E-state index contributed by atoms with van der Waals surface area (Å²) in [5, 5.41) is 25.7. The van der Waals surface area contributed by atoms with Crippen molar-refractivity contribution in [3.05, 3.63) is 0 Å². The smallest absolute Gasteiger partial charge is 0.326 e. The second kappa shape index (κ2) is 11.5. The minimum atomic E-state index is -1.17. The third-order valence-corrected chi connectivity index (χ3v) is 3.83. The van der Waals surface area contributed by atoms with Gasteiger partial charge in [-0.15, -0.1) is 0 Å². The van der Waals surface area contributed by atoms with Gasteiger partial charge in [0.2, 0.25) is 17.7 Å². The number of rotatable bonds is 11. The number of aliphatic hydroxyl groups excluding tert-OH is 1. The Bertz CT molecular complexity index is 536. The van der Waals surface area contributed by atoms with Gasteiger partial charge < -0.3 is 31.9 Å². The van der Waals surface area contributed by atoms with Gasteiger partial charge >= 0.3 is 5.97 Å². The van der Waals surface area contributed by atoms with E-state index in [1.165, 1.54) is 6.92 Å². The molecule has 0 saturated carbocycles. The molecule has 0 aliphatic carbocycles. The molecule has 0 radical (unpaired) electrons. The Morgan fingerprint density at radius 1 is 0.963 bits per heavy atom. The summed E-state index contributed by atoms with van der Waals surface area (Å²) in [4.78, 5) is 47.4. The molecular formula is C17H32N4O6. The molecule has 156 valence electrons. The monoisotopic (exact) mass is 388 g/mol. The normalized spacial score (nSPS) is 15.6. The van der Waals surface area contributed by atoms with Crippen LogP contribution in [0.2, 0.25) is 0 Å². The Morgan fingerprint density at radius 2 is 1.52 bits per heavy atom. The van der Waals surface area contributed by atoms with E-state index >= 15 is 0 Å². The Morgan fingerprint density at radius 3 is 1.93 bits per heavy atom. The van der Waals surface area contributed by atoms with Crippen molar-refractivity contribution in [3.63, 3.8) is 0 Å². The summed E-state index contributed by atoms with van der Waals surface area (Å²) in [5.74, 6) is -3.36. The number of carbonyl (C=O) groups excluding carboxylic acids is 3. The lowest BCUT2D eigenvalue weighted by atomic mass is 10.0. The van der Waals surface area contributed by atoms with Crippen LogP contribution in [0.1, 0.15) is 41.0 Å². The van der Waals surface area contributed by atoms with Crippen LogP contribution in [0.4, 0.5) is 0 Å². The Kier molecular flexibility index (Phi) is 10.6. The Hall–Kier alpha value is -2.20. The van der Waals surface area contributed by atoms with Gasteiger partial charge in [0.25, 0.3) is 0 Å². The van der Waals surface area contributed by atoms with Crippen LogP contribution in [0, 0.1) is 11.8 Å². The van der Waals surface area contributed by atoms with Crippen LogP contribution in [0.3, 0.4) is 0 Å². The Labute approximate surface area is 159 Å². The Balaban J connectivity index is 4.90. The molecule has 0 rings (SSSR count). The number of nitrogens with two attached hydrogens (primary N) is 1. The molecule has 4 atom stereocenters. The topological polar surface area (TPSA) is 171 Å². The maximum atomic E-state index is 12.4. The van der Waals surface area contributed by atoms with Gasteiger partial charge in [-0.25, -0.2) is 4.79 Å². The summed E-state index contributed by atoms with van der Waals surface area (Å²) in [6, 6.07) is -3.19. The maximum Gasteiger partial charge on any atom is 0.326 e. The van der Waals surface area contributed by atoms with Crippen molar-refractivity contribution in [1.82, 2.24) is 16.0 Å². The molecule has 0 aliphatic rings. The number of carbonyl (C=O) groups is 4. The molecule has 0 bridgehead atoms. The van der Waals surface area contributed by atoms with E-state index in [1.54, 1.807) is 13.8 Å². The summed E-state index contributed by atoms with van der Waals surface area (Å²) in [6.45, 7) is 7.96. The molecule has 4 unspecified atom stereocenters. The van der Waals surface area contributed by atoms with Gasteiger partial charge in [0.1, 0.15) is 18.1 Å². The number of hydrogen-bond donors (Lipinski definition) is 6. The first-order chi connectivity index (χ1) is 12.4. The molecule has 0 aliphatic heterocycles. The van der Waals surface area contributed by atoms with Gasteiger partial charge in [-0.3, -0.25) is 14.4 Å². The first kappa shape index (κ1) is 24.8. The highest BCUT2D eigenvalue weighted by Crippen LogP contribution is 2.08. The molecule has 10 nitrogen and oxygen atoms in total. The van der Waals surface area contributed by atoms with E-state index in [1.807, 2.05) is 13.8 Å². The van der Waals surface area contributed by atoms with Crippen molar-refractivity contribution in [2.45, 2.75) is 65.3 Å². The summed E-state index contributed by atoms with van der Waals surface area (Å²) in [7, 11) is 0. The molecule has 27 heavy (non-hydrogen) atoms. The summed E-state index contributed by atoms with van der Waals surface area (Å²) < 4.78 is 0. The van der Waals surface area contributed by atoms with Crippen LogP contribution in [-0.2, 0) is 19.2 Å². The number of hydrogen-bond acceptors (Lipinski definition) is 6. The van der Waals surface area contributed by atoms with Gasteiger partial charge in [0.05, 0.1) is 12.6 Å². The SMILES string of the molecule is CC(C)CC(NC(=O)CNC(=O)C(N)C(C)O)C(=O)NC(C(=O)O)C(C)C. The lowest BCUT2D eigenvalue weighted by Crippen LogP contribution is -2.55. The first-order valence-electron chi connectivity index (χ1n) is 8.90. The zero-order valence-corrected chi connectivity index (χ0v) is 16.5. The number of carboxylic acids is 1. The molecule has 0 spiro atoms. The van der Waals surface area contributed by atoms with E-state index in [2.05, 4.69) is 16.0 Å². The highest BCUT2D eigenvalue weighted by Gasteiger charge is 2.29. The van der Waals surface area contributed by atoms with E-state index < -0.39 is 54.5 Å². The van der Waals surface area contributed by atoms with Crippen LogP contribution in [0.15, 0.2) is 0 Å². The van der Waals surface area contributed by atoms with Gasteiger partial charge in [-0.05, 0) is 25.2 Å². The van der Waals surface area contributed by atoms with Crippen molar-refractivity contribution in [3.8, 4) is 0 Å². The lowest BCUT2D eigenvalue weighted by molar-refractivity contribution is -0.143. The molecule has 0 saturated heterocycles. The third kappa shape index (κ3) is 9.34. The van der Waals surface area contributed by atoms with E-state index in [0.717, 1.165) is 0 Å². The number of aliphatic carboxylic acids is 1. The van der Waals surface area contributed by atoms with Crippen LogP contribution in [0.5, 0.6) is 0 Å². The fourth-order valence-corrected chi connectivity index (χ4v) is 2.22. The summed E-state index contributed by atoms with van der Waals surface area (Å²) in [6.07, 6.45) is -0.778. The lowest BCUT2D eigenvalue weighted by Gasteiger charge is -2.24. The van der Waals surface area contributed by atoms with Gasteiger partial charge in [-0.1, -0.05) is 27.7 Å². The average Bonchev–Trinajstić information content (AvgIpc) is 2.54. The van der Waals surface area contributed by atoms with Crippen molar-refractivity contribution >= 4 is 23.7 Å². The molecule has 0 aromatic rings. The molecule has 10 heteroatoms. The maximum absolute atomic E-state index is 12.4.